The molecule has 0 fully saturated rings. The Bertz CT molecular complexity index is 974. The topological polar surface area (TPSA) is 67.8 Å². The second kappa shape index (κ2) is 11.5. The molecule has 1 aliphatic heterocycles. The van der Waals surface area contributed by atoms with Crippen LogP contribution in [0.3, 0.4) is 0 Å². The Morgan fingerprint density at radius 1 is 1.12 bits per heavy atom. The van der Waals surface area contributed by atoms with Crippen molar-refractivity contribution in [1.29, 1.82) is 0 Å². The van der Waals surface area contributed by atoms with Gasteiger partial charge in [0, 0.05) is 31.6 Å². The number of carbonyl (C=O) groups excluding carboxylic acids is 1. The highest BCUT2D eigenvalue weighted by Gasteiger charge is 2.38. The van der Waals surface area contributed by atoms with Gasteiger partial charge in [-0.15, -0.1) is 0 Å². The van der Waals surface area contributed by atoms with E-state index in [4.69, 9.17) is 9.47 Å². The van der Waals surface area contributed by atoms with E-state index >= 15 is 0 Å². The third kappa shape index (κ3) is 6.57. The predicted octanol–water partition coefficient (Wildman–Crippen LogP) is 4.91. The van der Waals surface area contributed by atoms with Crippen molar-refractivity contribution >= 4 is 5.91 Å². The first kappa shape index (κ1) is 25.7. The molecule has 2 aromatic carbocycles. The van der Waals surface area contributed by atoms with E-state index < -0.39 is 29.9 Å². The van der Waals surface area contributed by atoms with Crippen LogP contribution in [-0.4, -0.2) is 30.5 Å². The first-order chi connectivity index (χ1) is 16.2. The number of alkyl halides is 3. The minimum Gasteiger partial charge on any atom is -0.459 e. The molecule has 5 nitrogen and oxygen atoms in total. The molecule has 0 spiro atoms. The number of ether oxygens (including phenoxy) is 2. The van der Waals surface area contributed by atoms with Gasteiger partial charge in [0.1, 0.15) is 5.82 Å². The van der Waals surface area contributed by atoms with Gasteiger partial charge in [-0.2, -0.15) is 13.2 Å². The van der Waals surface area contributed by atoms with Crippen LogP contribution in [0.25, 0.3) is 0 Å². The lowest BCUT2D eigenvalue weighted by molar-refractivity contribution is -0.166. The molecule has 1 heterocycles. The number of aliphatic hydroxyl groups excluding tert-OH is 1. The summed E-state index contributed by atoms with van der Waals surface area (Å²) in [6.07, 6.45) is -2.78. The van der Waals surface area contributed by atoms with Crippen LogP contribution in [0.2, 0.25) is 0 Å². The second-order valence-electron chi connectivity index (χ2n) is 7.96. The number of halogens is 4. The van der Waals surface area contributed by atoms with Gasteiger partial charge in [-0.3, -0.25) is 4.79 Å². The molecule has 0 unspecified atom stereocenters. The number of benzene rings is 2. The maximum Gasteiger partial charge on any atom is 0.416 e. The van der Waals surface area contributed by atoms with Gasteiger partial charge < -0.3 is 19.9 Å². The quantitative estimate of drug-likeness (QED) is 0.500. The maximum atomic E-state index is 13.1. The molecule has 2 N–H and O–H groups in total. The van der Waals surface area contributed by atoms with Gasteiger partial charge >= 0.3 is 6.18 Å². The number of allylic oxidation sites excluding steroid dienone is 1. The molecule has 0 bridgehead atoms. The molecular formula is C25H27F4NO4. The van der Waals surface area contributed by atoms with Crippen molar-refractivity contribution in [3.8, 4) is 0 Å². The van der Waals surface area contributed by atoms with E-state index in [1.165, 1.54) is 24.3 Å². The fourth-order valence-corrected chi connectivity index (χ4v) is 3.91. The summed E-state index contributed by atoms with van der Waals surface area (Å²) in [7, 11) is 0. The van der Waals surface area contributed by atoms with E-state index in [9.17, 15) is 27.5 Å². The zero-order valence-electron chi connectivity index (χ0n) is 18.6. The van der Waals surface area contributed by atoms with E-state index in [1.807, 2.05) is 0 Å². The Labute approximate surface area is 195 Å². The molecule has 0 radical (unpaired) electrons. The predicted molar refractivity (Wildman–Crippen MR) is 117 cm³/mol. The largest absolute Gasteiger partial charge is 0.459 e. The number of rotatable bonds is 9. The number of carbonyl (C=O) groups is 1. The molecule has 0 saturated heterocycles. The van der Waals surface area contributed by atoms with Crippen LogP contribution < -0.4 is 5.32 Å². The fraction of sp³-hybridized carbons (Fsp3) is 0.400. The summed E-state index contributed by atoms with van der Waals surface area (Å²) in [5.41, 5.74) is 0.498. The summed E-state index contributed by atoms with van der Waals surface area (Å²) in [4.78, 5) is 12.8. The highest BCUT2D eigenvalue weighted by atomic mass is 19.4. The number of hydrogen-bond acceptors (Lipinski definition) is 4. The molecule has 184 valence electrons. The zero-order valence-corrected chi connectivity index (χ0v) is 18.6. The van der Waals surface area contributed by atoms with Crippen molar-refractivity contribution in [3.63, 3.8) is 0 Å². The van der Waals surface area contributed by atoms with E-state index in [2.05, 4.69) is 5.32 Å². The van der Waals surface area contributed by atoms with Gasteiger partial charge in [-0.05, 0) is 61.2 Å². The van der Waals surface area contributed by atoms with Crippen molar-refractivity contribution in [2.45, 2.75) is 44.7 Å². The van der Waals surface area contributed by atoms with Crippen LogP contribution in [0.4, 0.5) is 17.6 Å². The first-order valence-corrected chi connectivity index (χ1v) is 11.0. The Morgan fingerprint density at radius 3 is 2.38 bits per heavy atom. The average Bonchev–Trinajstić information content (AvgIpc) is 2.82. The van der Waals surface area contributed by atoms with E-state index in [0.29, 0.717) is 30.6 Å². The summed E-state index contributed by atoms with van der Waals surface area (Å²) in [5.74, 6) is -1.71. The van der Waals surface area contributed by atoms with E-state index in [1.54, 1.807) is 25.1 Å². The number of amides is 1. The molecule has 3 rings (SSSR count). The van der Waals surface area contributed by atoms with Gasteiger partial charge in [0.05, 0.1) is 5.56 Å². The summed E-state index contributed by atoms with van der Waals surface area (Å²) in [6.45, 7) is 2.14. The highest BCUT2D eigenvalue weighted by Crippen LogP contribution is 2.40. The van der Waals surface area contributed by atoms with Crippen molar-refractivity contribution < 1.29 is 36.9 Å². The molecule has 1 amide bonds. The Kier molecular flexibility index (Phi) is 8.68. The number of aliphatic hydroxyl groups is 1. The SMILES string of the molecule is CCO[C@H]1OC(C(=O)NCc2ccc(F)cc2)=C[C@@H](c2ccc(C(F)(F)F)cc2)[C@@H]1CCCO. The van der Waals surface area contributed by atoms with Crippen LogP contribution in [0.15, 0.2) is 60.4 Å². The summed E-state index contributed by atoms with van der Waals surface area (Å²) < 4.78 is 63.8. The van der Waals surface area contributed by atoms with Gasteiger partial charge in [0.25, 0.3) is 5.91 Å². The zero-order chi connectivity index (χ0) is 24.7. The molecule has 0 aromatic heterocycles. The normalized spacial score (nSPS) is 20.4. The molecule has 34 heavy (non-hydrogen) atoms. The Hall–Kier alpha value is -2.91. The summed E-state index contributed by atoms with van der Waals surface area (Å²) in [5, 5.41) is 12.0. The van der Waals surface area contributed by atoms with Crippen molar-refractivity contribution in [3.05, 3.63) is 82.9 Å². The lowest BCUT2D eigenvalue weighted by Gasteiger charge is -2.37. The molecular weight excluding hydrogens is 454 g/mol. The second-order valence-corrected chi connectivity index (χ2v) is 7.96. The summed E-state index contributed by atoms with van der Waals surface area (Å²) >= 11 is 0. The van der Waals surface area contributed by atoms with Crippen LogP contribution in [0.5, 0.6) is 0 Å². The van der Waals surface area contributed by atoms with Crippen LogP contribution in [0, 0.1) is 11.7 Å². The lowest BCUT2D eigenvalue weighted by atomic mass is 9.80. The smallest absolute Gasteiger partial charge is 0.416 e. The van der Waals surface area contributed by atoms with Gasteiger partial charge in [0.2, 0.25) is 6.29 Å². The summed E-state index contributed by atoms with van der Waals surface area (Å²) in [6, 6.07) is 10.5. The lowest BCUT2D eigenvalue weighted by Crippen LogP contribution is -2.39. The Balaban J connectivity index is 1.87. The fourth-order valence-electron chi connectivity index (χ4n) is 3.91. The molecule has 9 heteroatoms. The number of hydrogen-bond donors (Lipinski definition) is 2. The standard InChI is InChI=1S/C25H27F4NO4/c1-2-33-24-20(4-3-13-31)21(17-7-9-18(10-8-17)25(27,28)29)14-22(34-24)23(32)30-15-16-5-11-19(26)12-6-16/h5-12,14,20-21,24,31H,2-4,13,15H2,1H3,(H,30,32)/t20-,21-,24-/m0/s1. The third-order valence-electron chi connectivity index (χ3n) is 5.62. The van der Waals surface area contributed by atoms with Crippen LogP contribution >= 0.6 is 0 Å². The van der Waals surface area contributed by atoms with Gasteiger partial charge in [-0.1, -0.05) is 24.3 Å². The molecule has 0 aliphatic carbocycles. The average molecular weight is 481 g/mol. The maximum absolute atomic E-state index is 13.1. The van der Waals surface area contributed by atoms with Crippen LogP contribution in [0.1, 0.15) is 42.4 Å². The third-order valence-corrected chi connectivity index (χ3v) is 5.62. The first-order valence-electron chi connectivity index (χ1n) is 11.0. The minimum atomic E-state index is -4.46. The van der Waals surface area contributed by atoms with Crippen molar-refractivity contribution in [1.82, 2.24) is 5.32 Å². The highest BCUT2D eigenvalue weighted by molar-refractivity contribution is 5.91. The molecule has 3 atom stereocenters. The van der Waals surface area contributed by atoms with Crippen molar-refractivity contribution in [2.75, 3.05) is 13.2 Å². The van der Waals surface area contributed by atoms with Crippen LogP contribution in [-0.2, 0) is 27.0 Å². The van der Waals surface area contributed by atoms with Gasteiger partial charge in [-0.25, -0.2) is 4.39 Å². The monoisotopic (exact) mass is 481 g/mol. The molecule has 0 saturated carbocycles. The van der Waals surface area contributed by atoms with Gasteiger partial charge in [0.15, 0.2) is 5.76 Å². The molecule has 1 aliphatic rings. The number of nitrogens with one attached hydrogen (secondary N) is 1. The molecule has 2 aromatic rings. The van der Waals surface area contributed by atoms with E-state index in [-0.39, 0.29) is 30.6 Å². The van der Waals surface area contributed by atoms with E-state index in [0.717, 1.165) is 12.1 Å². The van der Waals surface area contributed by atoms with Crippen molar-refractivity contribution in [2.24, 2.45) is 5.92 Å². The Morgan fingerprint density at radius 2 is 1.79 bits per heavy atom. The minimum absolute atomic E-state index is 0.00860.